The van der Waals surface area contributed by atoms with E-state index in [1.807, 2.05) is 0 Å². The van der Waals surface area contributed by atoms with E-state index in [4.69, 9.17) is 4.43 Å². The minimum atomic E-state index is -1.82. The fourth-order valence-corrected chi connectivity index (χ4v) is 3.10. The van der Waals surface area contributed by atoms with Crippen molar-refractivity contribution in [2.45, 2.75) is 52.2 Å². The van der Waals surface area contributed by atoms with Gasteiger partial charge >= 0.3 is 0 Å². The second kappa shape index (κ2) is 6.80. The molecule has 0 saturated heterocycles. The fraction of sp³-hybridized carbons (Fsp3) is 0.500. The molecule has 0 N–H and O–H groups in total. The largest absolute Gasteiger partial charge is 0.543 e. The molecule has 1 aromatic rings. The second-order valence-corrected chi connectivity index (χ2v) is 14.0. The number of benzene rings is 1. The Kier molecular flexibility index (Phi) is 6.11. The first-order valence-electron chi connectivity index (χ1n) is 6.91. The fourth-order valence-electron chi connectivity index (χ4n) is 1.57. The lowest BCUT2D eigenvalue weighted by molar-refractivity contribution is 0.491. The highest BCUT2D eigenvalue weighted by Gasteiger charge is 2.39. The molecule has 1 nitrogen and oxygen atoms in total. The van der Waals surface area contributed by atoms with E-state index in [2.05, 4.69) is 96.9 Å². The molecule has 0 atom stereocenters. The van der Waals surface area contributed by atoms with E-state index >= 15 is 0 Å². The first-order valence-corrected chi connectivity index (χ1v) is 11.4. The van der Waals surface area contributed by atoms with Crippen molar-refractivity contribution in [3.8, 4) is 5.75 Å². The van der Waals surface area contributed by atoms with Crippen LogP contribution in [0, 0.1) is 0 Å². The van der Waals surface area contributed by atoms with Crippen LogP contribution in [0.15, 0.2) is 21.6 Å². The second-order valence-electron chi connectivity index (χ2n) is 6.52. The molecule has 0 unspecified atom stereocenters. The SMILES string of the molecule is CCc1ccc(O[Si](C)(C)C(C)(C)C)c(C=C(Br)Br)c1. The lowest BCUT2D eigenvalue weighted by Gasteiger charge is -2.37. The van der Waals surface area contributed by atoms with Crippen LogP contribution in [-0.2, 0) is 6.42 Å². The molecule has 0 spiro atoms. The first kappa shape index (κ1) is 18.0. The zero-order valence-electron chi connectivity index (χ0n) is 13.2. The molecule has 1 rings (SSSR count). The Bertz CT molecular complexity index is 498. The molecule has 0 bridgehead atoms. The van der Waals surface area contributed by atoms with Crippen molar-refractivity contribution in [3.05, 3.63) is 32.7 Å². The maximum absolute atomic E-state index is 6.45. The highest BCUT2D eigenvalue weighted by atomic mass is 79.9. The summed E-state index contributed by atoms with van der Waals surface area (Å²) in [6.45, 7) is 13.5. The topological polar surface area (TPSA) is 9.23 Å². The number of halogens is 2. The smallest absolute Gasteiger partial charge is 0.250 e. The molecule has 0 fully saturated rings. The molecule has 0 aliphatic carbocycles. The predicted octanol–water partition coefficient (Wildman–Crippen LogP) is 6.72. The molecule has 0 saturated carbocycles. The Morgan fingerprint density at radius 1 is 1.25 bits per heavy atom. The average molecular weight is 420 g/mol. The Labute approximate surface area is 141 Å². The maximum atomic E-state index is 6.45. The van der Waals surface area contributed by atoms with Gasteiger partial charge < -0.3 is 4.43 Å². The molecule has 0 aliphatic rings. The Morgan fingerprint density at radius 3 is 2.30 bits per heavy atom. The number of hydrogen-bond donors (Lipinski definition) is 0. The Balaban J connectivity index is 3.21. The highest BCUT2D eigenvalue weighted by molar-refractivity contribution is 9.28. The molecule has 0 heterocycles. The Morgan fingerprint density at radius 2 is 1.85 bits per heavy atom. The van der Waals surface area contributed by atoms with Gasteiger partial charge in [-0.3, -0.25) is 0 Å². The van der Waals surface area contributed by atoms with Crippen LogP contribution in [0.4, 0.5) is 0 Å². The molecule has 112 valence electrons. The number of aryl methyl sites for hydroxylation is 1. The molecule has 20 heavy (non-hydrogen) atoms. The van der Waals surface area contributed by atoms with Gasteiger partial charge in [-0.05, 0) is 80.2 Å². The summed E-state index contributed by atoms with van der Waals surface area (Å²) in [5.74, 6) is 0.977. The lowest BCUT2D eigenvalue weighted by Crippen LogP contribution is -2.44. The van der Waals surface area contributed by atoms with Crippen molar-refractivity contribution in [2.75, 3.05) is 0 Å². The van der Waals surface area contributed by atoms with Gasteiger partial charge in [0.25, 0.3) is 8.32 Å². The molecule has 0 aromatic heterocycles. The molecular formula is C16H24Br2OSi. The van der Waals surface area contributed by atoms with E-state index in [1.165, 1.54) is 5.56 Å². The summed E-state index contributed by atoms with van der Waals surface area (Å²) in [7, 11) is -1.82. The van der Waals surface area contributed by atoms with Crippen LogP contribution in [0.3, 0.4) is 0 Å². The van der Waals surface area contributed by atoms with Crippen molar-refractivity contribution in [2.24, 2.45) is 0 Å². The zero-order valence-corrected chi connectivity index (χ0v) is 17.4. The summed E-state index contributed by atoms with van der Waals surface area (Å²) in [4.78, 5) is 0. The standard InChI is InChI=1S/C16H24Br2OSi/c1-7-12-8-9-14(13(10-12)11-15(17)18)19-20(5,6)16(2,3)4/h8-11H,7H2,1-6H3. The lowest BCUT2D eigenvalue weighted by atomic mass is 10.1. The van der Waals surface area contributed by atoms with E-state index in [1.54, 1.807) is 0 Å². The van der Waals surface area contributed by atoms with Gasteiger partial charge in [-0.15, -0.1) is 0 Å². The quantitative estimate of drug-likeness (QED) is 0.492. The molecular weight excluding hydrogens is 396 g/mol. The summed E-state index contributed by atoms with van der Waals surface area (Å²) in [5, 5.41) is 0.197. The van der Waals surface area contributed by atoms with Gasteiger partial charge in [0.05, 0.1) is 3.39 Å². The van der Waals surface area contributed by atoms with Crippen molar-refractivity contribution in [1.82, 2.24) is 0 Å². The summed E-state index contributed by atoms with van der Waals surface area (Å²) in [6, 6.07) is 6.46. The molecule has 0 amide bonds. The van der Waals surface area contributed by atoms with Gasteiger partial charge in [0, 0.05) is 5.56 Å². The molecule has 1 aromatic carbocycles. The van der Waals surface area contributed by atoms with E-state index < -0.39 is 8.32 Å². The normalized spacial score (nSPS) is 12.2. The van der Waals surface area contributed by atoms with Crippen molar-refractivity contribution >= 4 is 46.3 Å². The van der Waals surface area contributed by atoms with E-state index in [0.29, 0.717) is 0 Å². The summed E-state index contributed by atoms with van der Waals surface area (Å²) >= 11 is 6.89. The van der Waals surface area contributed by atoms with Gasteiger partial charge in [-0.1, -0.05) is 33.8 Å². The van der Waals surface area contributed by atoms with E-state index in [9.17, 15) is 0 Å². The van der Waals surface area contributed by atoms with Crippen LogP contribution in [0.5, 0.6) is 5.75 Å². The number of hydrogen-bond acceptors (Lipinski definition) is 1. The monoisotopic (exact) mass is 418 g/mol. The number of rotatable bonds is 4. The van der Waals surface area contributed by atoms with Crippen LogP contribution in [-0.4, -0.2) is 8.32 Å². The minimum Gasteiger partial charge on any atom is -0.543 e. The van der Waals surface area contributed by atoms with Crippen molar-refractivity contribution < 1.29 is 4.43 Å². The van der Waals surface area contributed by atoms with Crippen LogP contribution in [0.2, 0.25) is 18.1 Å². The van der Waals surface area contributed by atoms with E-state index in [0.717, 1.165) is 21.1 Å². The maximum Gasteiger partial charge on any atom is 0.250 e. The van der Waals surface area contributed by atoms with Crippen LogP contribution < -0.4 is 4.43 Å². The summed E-state index contributed by atoms with van der Waals surface area (Å²) in [6.07, 6.45) is 3.09. The van der Waals surface area contributed by atoms with Crippen molar-refractivity contribution in [3.63, 3.8) is 0 Å². The van der Waals surface area contributed by atoms with Crippen LogP contribution in [0.25, 0.3) is 6.08 Å². The van der Waals surface area contributed by atoms with Gasteiger partial charge in [0.15, 0.2) is 0 Å². The summed E-state index contributed by atoms with van der Waals surface area (Å²) < 4.78 is 7.38. The first-order chi connectivity index (χ1) is 9.06. The highest BCUT2D eigenvalue weighted by Crippen LogP contribution is 2.39. The average Bonchev–Trinajstić information content (AvgIpc) is 2.29. The van der Waals surface area contributed by atoms with Crippen LogP contribution >= 0.6 is 31.9 Å². The zero-order chi connectivity index (χ0) is 15.6. The molecule has 0 aliphatic heterocycles. The van der Waals surface area contributed by atoms with Gasteiger partial charge in [-0.25, -0.2) is 0 Å². The van der Waals surface area contributed by atoms with Gasteiger partial charge in [-0.2, -0.15) is 0 Å². The summed E-state index contributed by atoms with van der Waals surface area (Å²) in [5.41, 5.74) is 2.44. The van der Waals surface area contributed by atoms with Crippen molar-refractivity contribution in [1.29, 1.82) is 0 Å². The third-order valence-electron chi connectivity index (χ3n) is 3.92. The third-order valence-corrected chi connectivity index (χ3v) is 8.72. The Hall–Kier alpha value is -0.0631. The van der Waals surface area contributed by atoms with Gasteiger partial charge in [0.2, 0.25) is 0 Å². The molecule has 0 radical (unpaired) electrons. The predicted molar refractivity (Wildman–Crippen MR) is 99.5 cm³/mol. The van der Waals surface area contributed by atoms with Gasteiger partial charge in [0.1, 0.15) is 5.75 Å². The van der Waals surface area contributed by atoms with Crippen LogP contribution in [0.1, 0.15) is 38.8 Å². The third kappa shape index (κ3) is 4.74. The minimum absolute atomic E-state index is 0.197. The van der Waals surface area contributed by atoms with E-state index in [-0.39, 0.29) is 5.04 Å². The molecule has 4 heteroatoms.